The maximum atomic E-state index is 5.56. The molecule has 0 aliphatic carbocycles. The molecule has 2 aromatic heterocycles. The van der Waals surface area contributed by atoms with Gasteiger partial charge in [-0.3, -0.25) is 0 Å². The highest BCUT2D eigenvalue weighted by Crippen LogP contribution is 2.18. The van der Waals surface area contributed by atoms with Gasteiger partial charge in [0.2, 0.25) is 0 Å². The standard InChI is InChI=1S/C11H14N4S/c1-8(11-13-4-5-16-11)6-14-10-3-2-9(12)7-15-10/h2-5,7-8H,6,12H2,1H3,(H,14,15). The van der Waals surface area contributed by atoms with Crippen molar-refractivity contribution in [1.29, 1.82) is 0 Å². The van der Waals surface area contributed by atoms with Crippen LogP contribution in [0.4, 0.5) is 11.5 Å². The van der Waals surface area contributed by atoms with E-state index >= 15 is 0 Å². The van der Waals surface area contributed by atoms with Crippen molar-refractivity contribution < 1.29 is 0 Å². The Bertz CT molecular complexity index is 424. The van der Waals surface area contributed by atoms with E-state index in [1.807, 2.05) is 23.7 Å². The fourth-order valence-electron chi connectivity index (χ4n) is 1.33. The molecule has 0 aliphatic heterocycles. The lowest BCUT2D eigenvalue weighted by Gasteiger charge is -2.10. The van der Waals surface area contributed by atoms with Crippen molar-refractivity contribution in [3.05, 3.63) is 34.9 Å². The summed E-state index contributed by atoms with van der Waals surface area (Å²) in [7, 11) is 0. The second-order valence-corrected chi connectivity index (χ2v) is 4.56. The second-order valence-electron chi connectivity index (χ2n) is 3.63. The average Bonchev–Trinajstić information content (AvgIpc) is 2.81. The predicted molar refractivity (Wildman–Crippen MR) is 67.7 cm³/mol. The fourth-order valence-corrected chi connectivity index (χ4v) is 2.03. The number of nitrogens with one attached hydrogen (secondary N) is 1. The smallest absolute Gasteiger partial charge is 0.126 e. The molecule has 84 valence electrons. The van der Waals surface area contributed by atoms with E-state index < -0.39 is 0 Å². The third-order valence-corrected chi connectivity index (χ3v) is 3.26. The minimum Gasteiger partial charge on any atom is -0.397 e. The Labute approximate surface area is 98.6 Å². The van der Waals surface area contributed by atoms with Crippen LogP contribution in [0.1, 0.15) is 17.8 Å². The van der Waals surface area contributed by atoms with E-state index in [1.165, 1.54) is 0 Å². The number of aromatic nitrogens is 2. The van der Waals surface area contributed by atoms with E-state index in [1.54, 1.807) is 17.5 Å². The Balaban J connectivity index is 1.90. The van der Waals surface area contributed by atoms with Gasteiger partial charge in [-0.2, -0.15) is 0 Å². The summed E-state index contributed by atoms with van der Waals surface area (Å²) in [6.07, 6.45) is 3.48. The Morgan fingerprint density at radius 1 is 1.44 bits per heavy atom. The van der Waals surface area contributed by atoms with Crippen molar-refractivity contribution in [2.45, 2.75) is 12.8 Å². The summed E-state index contributed by atoms with van der Waals surface area (Å²) in [5.41, 5.74) is 6.24. The first kappa shape index (κ1) is 10.9. The molecule has 0 fully saturated rings. The van der Waals surface area contributed by atoms with Gasteiger partial charge in [-0.25, -0.2) is 9.97 Å². The van der Waals surface area contributed by atoms with Crippen molar-refractivity contribution in [3.63, 3.8) is 0 Å². The number of thiazole rings is 1. The summed E-state index contributed by atoms with van der Waals surface area (Å²) in [5, 5.41) is 6.39. The molecule has 0 saturated heterocycles. The van der Waals surface area contributed by atoms with Crippen LogP contribution in [0, 0.1) is 0 Å². The first-order chi connectivity index (χ1) is 7.75. The highest BCUT2D eigenvalue weighted by Gasteiger charge is 2.07. The predicted octanol–water partition coefficient (Wildman–Crippen LogP) is 2.34. The molecule has 3 N–H and O–H groups in total. The zero-order valence-electron chi connectivity index (χ0n) is 9.05. The van der Waals surface area contributed by atoms with Crippen molar-refractivity contribution in [1.82, 2.24) is 9.97 Å². The quantitative estimate of drug-likeness (QED) is 0.852. The molecule has 2 aromatic rings. The number of nitrogens with two attached hydrogens (primary N) is 1. The molecule has 0 radical (unpaired) electrons. The van der Waals surface area contributed by atoms with Crippen molar-refractivity contribution >= 4 is 22.8 Å². The van der Waals surface area contributed by atoms with Gasteiger partial charge in [0.15, 0.2) is 0 Å². The van der Waals surface area contributed by atoms with Crippen LogP contribution in [0.2, 0.25) is 0 Å². The first-order valence-electron chi connectivity index (χ1n) is 5.10. The van der Waals surface area contributed by atoms with Gasteiger partial charge in [0.05, 0.1) is 16.9 Å². The van der Waals surface area contributed by atoms with E-state index in [0.717, 1.165) is 17.4 Å². The number of pyridine rings is 1. The Morgan fingerprint density at radius 3 is 2.94 bits per heavy atom. The van der Waals surface area contributed by atoms with Crippen LogP contribution < -0.4 is 11.1 Å². The van der Waals surface area contributed by atoms with Crippen LogP contribution in [0.15, 0.2) is 29.9 Å². The lowest BCUT2D eigenvalue weighted by atomic mass is 10.2. The van der Waals surface area contributed by atoms with Crippen LogP contribution in [0.5, 0.6) is 0 Å². The molecule has 1 atom stereocenters. The number of nitrogen functional groups attached to an aromatic ring is 1. The summed E-state index contributed by atoms with van der Waals surface area (Å²) < 4.78 is 0. The van der Waals surface area contributed by atoms with Crippen LogP contribution in [-0.4, -0.2) is 16.5 Å². The van der Waals surface area contributed by atoms with Crippen molar-refractivity contribution in [2.24, 2.45) is 0 Å². The van der Waals surface area contributed by atoms with Gasteiger partial charge in [-0.05, 0) is 12.1 Å². The second kappa shape index (κ2) is 4.94. The zero-order valence-corrected chi connectivity index (χ0v) is 9.87. The highest BCUT2D eigenvalue weighted by atomic mass is 32.1. The number of hydrogen-bond donors (Lipinski definition) is 2. The van der Waals surface area contributed by atoms with Gasteiger partial charge >= 0.3 is 0 Å². The third kappa shape index (κ3) is 2.70. The fraction of sp³-hybridized carbons (Fsp3) is 0.273. The van der Waals surface area contributed by atoms with Gasteiger partial charge in [0, 0.05) is 24.0 Å². The molecule has 4 nitrogen and oxygen atoms in total. The van der Waals surface area contributed by atoms with Crippen LogP contribution >= 0.6 is 11.3 Å². The SMILES string of the molecule is CC(CNc1ccc(N)cn1)c1nccs1. The summed E-state index contributed by atoms with van der Waals surface area (Å²) in [6.45, 7) is 2.97. The minimum atomic E-state index is 0.388. The maximum Gasteiger partial charge on any atom is 0.126 e. The van der Waals surface area contributed by atoms with Gasteiger partial charge in [-0.1, -0.05) is 6.92 Å². The van der Waals surface area contributed by atoms with E-state index in [-0.39, 0.29) is 0 Å². The molecule has 0 bridgehead atoms. The van der Waals surface area contributed by atoms with Crippen LogP contribution in [0.3, 0.4) is 0 Å². The summed E-state index contributed by atoms with van der Waals surface area (Å²) >= 11 is 1.68. The van der Waals surface area contributed by atoms with Gasteiger partial charge in [0.1, 0.15) is 5.82 Å². The highest BCUT2D eigenvalue weighted by molar-refractivity contribution is 7.09. The molecule has 1 unspecified atom stereocenters. The van der Waals surface area contributed by atoms with E-state index in [2.05, 4.69) is 22.2 Å². The number of nitrogens with zero attached hydrogens (tertiary/aromatic N) is 2. The topological polar surface area (TPSA) is 63.8 Å². The molecule has 0 saturated carbocycles. The molecular formula is C11H14N4S. The third-order valence-electron chi connectivity index (χ3n) is 2.25. The molecule has 0 spiro atoms. The Hall–Kier alpha value is -1.62. The lowest BCUT2D eigenvalue weighted by molar-refractivity contribution is 0.792. The number of anilines is 2. The molecule has 0 aliphatic rings. The zero-order chi connectivity index (χ0) is 11.4. The largest absolute Gasteiger partial charge is 0.397 e. The van der Waals surface area contributed by atoms with E-state index in [9.17, 15) is 0 Å². The monoisotopic (exact) mass is 234 g/mol. The molecular weight excluding hydrogens is 220 g/mol. The molecule has 2 heterocycles. The lowest BCUT2D eigenvalue weighted by Crippen LogP contribution is -2.10. The molecule has 5 heteroatoms. The van der Waals surface area contributed by atoms with Gasteiger partial charge in [0.25, 0.3) is 0 Å². The van der Waals surface area contributed by atoms with Gasteiger partial charge < -0.3 is 11.1 Å². The molecule has 0 aromatic carbocycles. The summed E-state index contributed by atoms with van der Waals surface area (Å²) in [5.74, 6) is 1.23. The van der Waals surface area contributed by atoms with E-state index in [0.29, 0.717) is 11.6 Å². The average molecular weight is 234 g/mol. The Kier molecular flexibility index (Phi) is 3.36. The van der Waals surface area contributed by atoms with Crippen LogP contribution in [-0.2, 0) is 0 Å². The van der Waals surface area contributed by atoms with Gasteiger partial charge in [-0.15, -0.1) is 11.3 Å². The van der Waals surface area contributed by atoms with Crippen molar-refractivity contribution in [2.75, 3.05) is 17.6 Å². The molecule has 16 heavy (non-hydrogen) atoms. The summed E-state index contributed by atoms with van der Waals surface area (Å²) in [4.78, 5) is 8.46. The Morgan fingerprint density at radius 2 is 2.31 bits per heavy atom. The number of hydrogen-bond acceptors (Lipinski definition) is 5. The normalized spacial score (nSPS) is 12.3. The first-order valence-corrected chi connectivity index (χ1v) is 5.98. The number of rotatable bonds is 4. The van der Waals surface area contributed by atoms with E-state index in [4.69, 9.17) is 5.73 Å². The van der Waals surface area contributed by atoms with Crippen molar-refractivity contribution in [3.8, 4) is 0 Å². The summed E-state index contributed by atoms with van der Waals surface area (Å²) in [6, 6.07) is 3.72. The molecule has 2 rings (SSSR count). The van der Waals surface area contributed by atoms with Crippen LogP contribution in [0.25, 0.3) is 0 Å². The minimum absolute atomic E-state index is 0.388. The molecule has 0 amide bonds. The maximum absolute atomic E-state index is 5.56.